The van der Waals surface area contributed by atoms with Gasteiger partial charge in [-0.05, 0) is 37.8 Å². The minimum Gasteiger partial charge on any atom is -0.333 e. The molecule has 0 bridgehead atoms. The molecule has 0 amide bonds. The third kappa shape index (κ3) is 2.32. The topological polar surface area (TPSA) is 17.3 Å². The Balaban J connectivity index is 0.00000320. The molecule has 2 nitrogen and oxygen atoms in total. The zero-order chi connectivity index (χ0) is 26.5. The third-order valence-electron chi connectivity index (χ3n) is 4.24. The van der Waals surface area contributed by atoms with E-state index in [1.165, 1.54) is 4.40 Å². The molecule has 3 aromatic carbocycles. The number of rotatable bonds is 1. The quantitative estimate of drug-likeness (QED) is 0.203. The average Bonchev–Trinajstić information content (AvgIpc) is 3.18. The summed E-state index contributed by atoms with van der Waals surface area (Å²) in [5, 5.41) is -0.0660. The fourth-order valence-corrected chi connectivity index (χ4v) is 3.17. The molecule has 0 fully saturated rings. The van der Waals surface area contributed by atoms with Gasteiger partial charge in [0.2, 0.25) is 0 Å². The molecule has 0 aliphatic rings. The van der Waals surface area contributed by atoms with Crippen molar-refractivity contribution < 1.29 is 35.2 Å². The maximum atomic E-state index is 8.71. The molecule has 0 aliphatic heterocycles. The Hall–Kier alpha value is -2.48. The van der Waals surface area contributed by atoms with Crippen molar-refractivity contribution in [3.05, 3.63) is 83.8 Å². The molecule has 0 unspecified atom stereocenters. The molecule has 129 valence electrons. The predicted octanol–water partition coefficient (Wildman–Crippen LogP) is 5.72. The van der Waals surface area contributed by atoms with Gasteiger partial charge < -0.3 is 4.40 Å². The molecule has 5 rings (SSSR count). The number of hydrogen-bond donors (Lipinski definition) is 0. The number of imidazole rings is 1. The van der Waals surface area contributed by atoms with Crippen LogP contribution in [0.25, 0.3) is 38.6 Å². The SMILES string of the molecule is [2H]c1[c-]c2c(c([2H])c1[2H])c1c([2H])c([2H])c([2H])c([2H])c1n1c(-c3c(C)c([2H])c([2H])c([2H])c3C)c([2H])nc21.[Ir]. The Morgan fingerprint density at radius 2 is 1.65 bits per heavy atom. The van der Waals surface area contributed by atoms with Crippen LogP contribution in [0.2, 0.25) is 0 Å². The fourth-order valence-electron chi connectivity index (χ4n) is 3.17. The Morgan fingerprint density at radius 3 is 2.46 bits per heavy atom. The Kier molecular flexibility index (Phi) is 2.07. The van der Waals surface area contributed by atoms with Gasteiger partial charge in [0.05, 0.1) is 22.3 Å². The summed E-state index contributed by atoms with van der Waals surface area (Å²) in [6.07, 6.45) is -0.319. The molecule has 0 spiro atoms. The number of benzene rings is 3. The molecule has 2 aromatic heterocycles. The van der Waals surface area contributed by atoms with Gasteiger partial charge in [-0.1, -0.05) is 41.6 Å². The summed E-state index contributed by atoms with van der Waals surface area (Å²) in [6, 6.07) is -1.30. The summed E-state index contributed by atoms with van der Waals surface area (Å²) in [5.41, 5.74) is 0.823. The van der Waals surface area contributed by atoms with Crippen molar-refractivity contribution in [3.8, 4) is 11.3 Å². The van der Waals surface area contributed by atoms with E-state index in [4.69, 9.17) is 15.1 Å². The monoisotopic (exact) mass is 525 g/mol. The minimum atomic E-state index is -0.547. The van der Waals surface area contributed by atoms with E-state index < -0.39 is 42.3 Å². The molecule has 1 radical (unpaired) electrons. The molecule has 26 heavy (non-hydrogen) atoms. The van der Waals surface area contributed by atoms with Crippen molar-refractivity contribution in [2.24, 2.45) is 0 Å². The number of pyridine rings is 1. The van der Waals surface area contributed by atoms with Crippen LogP contribution in [0, 0.1) is 19.9 Å². The van der Waals surface area contributed by atoms with Crippen molar-refractivity contribution >= 4 is 27.3 Å². The average molecular weight is 525 g/mol. The van der Waals surface area contributed by atoms with Gasteiger partial charge >= 0.3 is 0 Å². The van der Waals surface area contributed by atoms with Crippen LogP contribution in [0.3, 0.4) is 0 Å². The summed E-state index contributed by atoms with van der Waals surface area (Å²) in [6.45, 7) is 3.14. The maximum absolute atomic E-state index is 8.71. The van der Waals surface area contributed by atoms with Crippen LogP contribution in [0.1, 0.15) is 26.2 Å². The van der Waals surface area contributed by atoms with Gasteiger partial charge in [0.15, 0.2) is 0 Å². The minimum absolute atomic E-state index is 0. The molecule has 0 saturated heterocycles. The first-order valence-corrected chi connectivity index (χ1v) is 7.62. The summed E-state index contributed by atoms with van der Waals surface area (Å²) in [5.74, 6) is 0. The van der Waals surface area contributed by atoms with Crippen molar-refractivity contribution in [3.63, 3.8) is 0 Å². The van der Waals surface area contributed by atoms with Crippen LogP contribution in [0.4, 0.5) is 0 Å². The van der Waals surface area contributed by atoms with Gasteiger partial charge in [-0.2, -0.15) is 0 Å². The van der Waals surface area contributed by atoms with Crippen LogP contribution >= 0.6 is 0 Å². The smallest absolute Gasteiger partial charge is 0.0853 e. The Bertz CT molecular complexity index is 1800. The van der Waals surface area contributed by atoms with Gasteiger partial charge in [0, 0.05) is 40.1 Å². The largest absolute Gasteiger partial charge is 0.333 e. The fraction of sp³-hybridized carbons (Fsp3) is 0.0870. The number of fused-ring (bicyclic) bond motifs is 6. The van der Waals surface area contributed by atoms with Gasteiger partial charge in [0.1, 0.15) is 0 Å². The molecule has 2 heterocycles. The van der Waals surface area contributed by atoms with Crippen LogP contribution in [0.15, 0.2) is 66.6 Å². The van der Waals surface area contributed by atoms with Crippen molar-refractivity contribution in [2.45, 2.75) is 13.8 Å². The second kappa shape index (κ2) is 6.35. The summed E-state index contributed by atoms with van der Waals surface area (Å²) < 4.78 is 93.2. The molecular weight excluding hydrogens is 496 g/mol. The molecule has 5 aromatic rings. The number of para-hydroxylation sites is 1. The summed E-state index contributed by atoms with van der Waals surface area (Å²) >= 11 is 0. The second-order valence-corrected chi connectivity index (χ2v) is 5.70. The third-order valence-corrected chi connectivity index (χ3v) is 4.24. The van der Waals surface area contributed by atoms with E-state index in [0.717, 1.165) is 0 Å². The van der Waals surface area contributed by atoms with Crippen molar-refractivity contribution in [1.82, 2.24) is 9.38 Å². The van der Waals surface area contributed by atoms with E-state index in [-0.39, 0.29) is 83.0 Å². The van der Waals surface area contributed by atoms with Crippen LogP contribution in [-0.4, -0.2) is 9.38 Å². The molecule has 3 heteroatoms. The van der Waals surface area contributed by atoms with E-state index in [0.29, 0.717) is 11.1 Å². The maximum Gasteiger partial charge on any atom is 0.0853 e. The standard InChI is InChI=1S/C23H17N2.Ir/c1-15-8-7-9-16(2)22(15)21-14-24-23-19-12-4-3-10-17(19)18-11-5-6-13-20(18)25(21)23;/h3-11,13-14H,1-2H3;/q-1;/i3D,4D,5D,6D,7D,8D,9D,10D,11D,13D,14D;. The zero-order valence-electron chi connectivity index (χ0n) is 24.7. The van der Waals surface area contributed by atoms with Crippen molar-refractivity contribution in [2.75, 3.05) is 0 Å². The second-order valence-electron chi connectivity index (χ2n) is 5.70. The first-order valence-electron chi connectivity index (χ1n) is 13.1. The van der Waals surface area contributed by atoms with E-state index in [2.05, 4.69) is 11.1 Å². The van der Waals surface area contributed by atoms with Gasteiger partial charge in [-0.3, -0.25) is 4.98 Å². The number of nitrogens with zero attached hydrogens (tertiary/aromatic N) is 2. The summed E-state index contributed by atoms with van der Waals surface area (Å²) in [4.78, 5) is 4.32. The van der Waals surface area contributed by atoms with Crippen LogP contribution in [-0.2, 0) is 20.1 Å². The first-order chi connectivity index (χ1) is 16.8. The first kappa shape index (κ1) is 8.47. The van der Waals surface area contributed by atoms with Crippen LogP contribution in [0.5, 0.6) is 0 Å². The van der Waals surface area contributed by atoms with E-state index in [9.17, 15) is 0 Å². The molecule has 0 aliphatic carbocycles. The van der Waals surface area contributed by atoms with Gasteiger partial charge in [0.25, 0.3) is 0 Å². The Labute approximate surface area is 181 Å². The van der Waals surface area contributed by atoms with Crippen molar-refractivity contribution in [1.29, 1.82) is 0 Å². The van der Waals surface area contributed by atoms with E-state index in [1.54, 1.807) is 13.8 Å². The Morgan fingerprint density at radius 1 is 0.923 bits per heavy atom. The molecule has 0 saturated carbocycles. The molecule has 0 N–H and O–H groups in total. The van der Waals surface area contributed by atoms with E-state index in [1.807, 2.05) is 0 Å². The molecule has 0 atom stereocenters. The number of hydrogen-bond acceptors (Lipinski definition) is 1. The molecular formula is C23H17IrN2-. The van der Waals surface area contributed by atoms with E-state index >= 15 is 0 Å². The number of aromatic nitrogens is 2. The summed E-state index contributed by atoms with van der Waals surface area (Å²) in [7, 11) is 0. The predicted molar refractivity (Wildman–Crippen MR) is 104 cm³/mol. The zero-order valence-corrected chi connectivity index (χ0v) is 16.1. The normalized spacial score (nSPS) is 17.1. The van der Waals surface area contributed by atoms with Gasteiger partial charge in [-0.25, -0.2) is 0 Å². The van der Waals surface area contributed by atoms with Crippen LogP contribution < -0.4 is 0 Å². The van der Waals surface area contributed by atoms with Gasteiger partial charge in [-0.15, -0.1) is 29.6 Å².